The van der Waals surface area contributed by atoms with E-state index in [1.165, 1.54) is 24.9 Å². The van der Waals surface area contributed by atoms with Crippen molar-refractivity contribution in [1.82, 2.24) is 29.4 Å². The number of methoxy groups -OCH3 is 1. The number of ether oxygens (including phenoxy) is 1. The van der Waals surface area contributed by atoms with Gasteiger partial charge in [-0.1, -0.05) is 29.8 Å². The lowest BCUT2D eigenvalue weighted by molar-refractivity contribution is -0.129. The minimum Gasteiger partial charge on any atom is -0.497 e. The second kappa shape index (κ2) is 10.0. The van der Waals surface area contributed by atoms with Crippen molar-refractivity contribution in [3.63, 3.8) is 0 Å². The molecule has 1 atom stereocenters. The van der Waals surface area contributed by atoms with E-state index in [1.807, 2.05) is 31.2 Å². The van der Waals surface area contributed by atoms with E-state index in [4.69, 9.17) is 4.74 Å². The average Bonchev–Trinajstić information content (AvgIpc) is 3.45. The Morgan fingerprint density at radius 2 is 1.84 bits per heavy atom. The SMILES string of the molecule is COc1ccc(/C=N/c2nc3[nH]nc(C)n3c(=O)c2S(=O)(=O)NN2C(=O)CSC2c2ccc(C)cc2)cc1. The van der Waals surface area contributed by atoms with Gasteiger partial charge in [0.1, 0.15) is 16.9 Å². The molecule has 0 radical (unpaired) electrons. The van der Waals surface area contributed by atoms with Gasteiger partial charge in [0.05, 0.1) is 12.9 Å². The molecule has 1 unspecified atom stereocenters. The molecule has 0 saturated carbocycles. The topological polar surface area (TPSA) is 151 Å². The van der Waals surface area contributed by atoms with E-state index in [-0.39, 0.29) is 23.2 Å². The number of H-pyrrole nitrogens is 1. The second-order valence-corrected chi connectivity index (χ2v) is 11.1. The van der Waals surface area contributed by atoms with Crippen LogP contribution in [0.5, 0.6) is 5.75 Å². The molecular weight excluding hydrogens is 530 g/mol. The van der Waals surface area contributed by atoms with Crippen LogP contribution in [-0.4, -0.2) is 58.0 Å². The predicted octanol–water partition coefficient (Wildman–Crippen LogP) is 2.26. The van der Waals surface area contributed by atoms with Crippen LogP contribution in [0.3, 0.4) is 0 Å². The number of carbonyl (C=O) groups is 1. The van der Waals surface area contributed by atoms with Gasteiger partial charge in [-0.15, -0.1) is 16.6 Å². The number of hydrogen-bond donors (Lipinski definition) is 2. The minimum absolute atomic E-state index is 0.0265. The zero-order chi connectivity index (χ0) is 27.0. The van der Waals surface area contributed by atoms with Gasteiger partial charge >= 0.3 is 0 Å². The third-order valence-electron chi connectivity index (χ3n) is 5.83. The van der Waals surface area contributed by atoms with Crippen LogP contribution in [0.2, 0.25) is 0 Å². The zero-order valence-corrected chi connectivity index (χ0v) is 22.2. The van der Waals surface area contributed by atoms with E-state index in [0.717, 1.165) is 20.5 Å². The van der Waals surface area contributed by atoms with Crippen LogP contribution in [0.4, 0.5) is 5.82 Å². The summed E-state index contributed by atoms with van der Waals surface area (Å²) in [5, 5.41) is 6.98. The maximum atomic E-state index is 13.7. The van der Waals surface area contributed by atoms with Gasteiger partial charge < -0.3 is 4.74 Å². The molecule has 1 aliphatic rings. The normalized spacial score (nSPS) is 16.1. The van der Waals surface area contributed by atoms with E-state index >= 15 is 0 Å². The predicted molar refractivity (Wildman–Crippen MR) is 142 cm³/mol. The number of aromatic nitrogens is 4. The number of carbonyl (C=O) groups excluding carboxylic acids is 1. The molecular formula is C24H23N7O5S2. The molecule has 1 fully saturated rings. The maximum Gasteiger partial charge on any atom is 0.283 e. The van der Waals surface area contributed by atoms with E-state index in [9.17, 15) is 18.0 Å². The highest BCUT2D eigenvalue weighted by atomic mass is 32.2. The standard InChI is InChI=1S/C24H23N7O5S2/c1-14-4-8-17(9-5-14)23-31(19(32)13-37-23)29-38(34,35)20-21(25-12-16-6-10-18(36-3)11-7-16)26-24-28-27-15(2)30(24)22(20)33/h4-12,23,29H,13H2,1-3H3,(H,26,28)/b25-12+. The fourth-order valence-electron chi connectivity index (χ4n) is 3.87. The van der Waals surface area contributed by atoms with Crippen LogP contribution >= 0.6 is 11.8 Å². The molecule has 2 aromatic carbocycles. The molecule has 0 bridgehead atoms. The molecule has 0 aliphatic carbocycles. The number of hydrazine groups is 1. The van der Waals surface area contributed by atoms with E-state index in [2.05, 4.69) is 25.0 Å². The Morgan fingerprint density at radius 3 is 2.53 bits per heavy atom. The van der Waals surface area contributed by atoms with Gasteiger partial charge in [0, 0.05) is 6.21 Å². The summed E-state index contributed by atoms with van der Waals surface area (Å²) < 4.78 is 33.6. The summed E-state index contributed by atoms with van der Waals surface area (Å²) in [5.74, 6) is 0.148. The first kappa shape index (κ1) is 25.6. The van der Waals surface area contributed by atoms with Crippen LogP contribution in [0.25, 0.3) is 5.78 Å². The minimum atomic E-state index is -4.62. The number of rotatable bonds is 7. The first-order chi connectivity index (χ1) is 18.2. The van der Waals surface area contributed by atoms with E-state index in [0.29, 0.717) is 11.3 Å². The third kappa shape index (κ3) is 4.80. The van der Waals surface area contributed by atoms with Crippen molar-refractivity contribution >= 4 is 45.5 Å². The first-order valence-corrected chi connectivity index (χ1v) is 13.9. The number of aliphatic imine (C=N–C) groups is 1. The lowest BCUT2D eigenvalue weighted by atomic mass is 10.1. The fraction of sp³-hybridized carbons (Fsp3) is 0.208. The summed E-state index contributed by atoms with van der Waals surface area (Å²) >= 11 is 1.27. The molecule has 1 amide bonds. The van der Waals surface area contributed by atoms with Crippen LogP contribution in [0.1, 0.15) is 27.9 Å². The molecule has 3 heterocycles. The number of aryl methyl sites for hydroxylation is 2. The van der Waals surface area contributed by atoms with Crippen molar-refractivity contribution in [3.05, 3.63) is 81.4 Å². The summed E-state index contributed by atoms with van der Waals surface area (Å²) in [7, 11) is -3.08. The smallest absolute Gasteiger partial charge is 0.283 e. The summed E-state index contributed by atoms with van der Waals surface area (Å²) in [6.45, 7) is 3.46. The Bertz CT molecular complexity index is 1710. The lowest BCUT2D eigenvalue weighted by Crippen LogP contribution is -2.46. The van der Waals surface area contributed by atoms with Gasteiger partial charge in [0.2, 0.25) is 11.7 Å². The van der Waals surface area contributed by atoms with E-state index < -0.39 is 31.8 Å². The molecule has 1 aliphatic heterocycles. The summed E-state index contributed by atoms with van der Waals surface area (Å²) in [5.41, 5.74) is 1.48. The van der Waals surface area contributed by atoms with Crippen molar-refractivity contribution in [2.24, 2.45) is 4.99 Å². The highest BCUT2D eigenvalue weighted by Gasteiger charge is 2.38. The van der Waals surface area contributed by atoms with Crippen molar-refractivity contribution in [2.75, 3.05) is 12.9 Å². The van der Waals surface area contributed by atoms with E-state index in [1.54, 1.807) is 31.4 Å². The van der Waals surface area contributed by atoms with Gasteiger partial charge in [-0.25, -0.2) is 27.9 Å². The number of hydrogen-bond acceptors (Lipinski definition) is 9. The average molecular weight is 554 g/mol. The molecule has 38 heavy (non-hydrogen) atoms. The molecule has 196 valence electrons. The molecule has 2 N–H and O–H groups in total. The van der Waals surface area contributed by atoms with Crippen molar-refractivity contribution in [3.8, 4) is 5.75 Å². The zero-order valence-electron chi connectivity index (χ0n) is 20.6. The Hall–Kier alpha value is -4.01. The van der Waals surface area contributed by atoms with Crippen LogP contribution in [0.15, 0.2) is 63.2 Å². The number of sulfonamides is 1. The molecule has 0 spiro atoms. The van der Waals surface area contributed by atoms with Crippen LogP contribution in [0, 0.1) is 13.8 Å². The molecule has 5 rings (SSSR count). The van der Waals surface area contributed by atoms with Gasteiger partial charge in [0.15, 0.2) is 10.7 Å². The summed E-state index contributed by atoms with van der Waals surface area (Å²) in [6, 6.07) is 14.3. The molecule has 1 saturated heterocycles. The van der Waals surface area contributed by atoms with Crippen LogP contribution in [-0.2, 0) is 14.8 Å². The molecule has 2 aromatic heterocycles. The largest absolute Gasteiger partial charge is 0.497 e. The maximum absolute atomic E-state index is 13.7. The Morgan fingerprint density at radius 1 is 1.13 bits per heavy atom. The molecule has 12 nitrogen and oxygen atoms in total. The van der Waals surface area contributed by atoms with Crippen molar-refractivity contribution in [1.29, 1.82) is 0 Å². The van der Waals surface area contributed by atoms with Crippen LogP contribution < -0.4 is 15.1 Å². The van der Waals surface area contributed by atoms with Gasteiger partial charge in [0.25, 0.3) is 15.6 Å². The fourth-order valence-corrected chi connectivity index (χ4v) is 6.27. The van der Waals surface area contributed by atoms with Crippen molar-refractivity contribution in [2.45, 2.75) is 24.1 Å². The van der Waals surface area contributed by atoms with Gasteiger partial charge in [-0.2, -0.15) is 10.1 Å². The second-order valence-electron chi connectivity index (χ2n) is 8.46. The Labute approximate surface area is 221 Å². The Kier molecular flexibility index (Phi) is 6.77. The first-order valence-electron chi connectivity index (χ1n) is 11.4. The number of thioether (sulfide) groups is 1. The van der Waals surface area contributed by atoms with Crippen molar-refractivity contribution < 1.29 is 17.9 Å². The number of nitrogens with one attached hydrogen (secondary N) is 2. The highest BCUT2D eigenvalue weighted by molar-refractivity contribution is 8.00. The molecule has 14 heteroatoms. The quantitative estimate of drug-likeness (QED) is 0.331. The summed E-state index contributed by atoms with van der Waals surface area (Å²) in [6.07, 6.45) is 1.38. The third-order valence-corrected chi connectivity index (χ3v) is 8.38. The monoisotopic (exact) mass is 553 g/mol. The number of aromatic amines is 1. The summed E-state index contributed by atoms with van der Waals surface area (Å²) in [4.78, 5) is 36.3. The molecule has 4 aromatic rings. The number of fused-ring (bicyclic) bond motifs is 1. The Balaban J connectivity index is 1.57. The lowest BCUT2D eigenvalue weighted by Gasteiger charge is -2.24. The van der Waals surface area contributed by atoms with Gasteiger partial charge in [-0.05, 0) is 49.2 Å². The van der Waals surface area contributed by atoms with Gasteiger partial charge in [-0.3, -0.25) is 9.59 Å². The number of benzene rings is 2. The number of nitrogens with zero attached hydrogens (tertiary/aromatic N) is 5. The number of amides is 1. The highest BCUT2D eigenvalue weighted by Crippen LogP contribution is 2.38.